The van der Waals surface area contributed by atoms with Crippen LogP contribution in [-0.4, -0.2) is 18.1 Å². The van der Waals surface area contributed by atoms with Gasteiger partial charge in [-0.15, -0.1) is 11.3 Å². The first kappa shape index (κ1) is 13.5. The third kappa shape index (κ3) is 3.79. The number of hydrogen-bond acceptors (Lipinski definition) is 5. The molecular formula is C14H16N2O2S. The average Bonchev–Trinajstić information content (AvgIpc) is 2.85. The summed E-state index contributed by atoms with van der Waals surface area (Å²) in [5, 5.41) is 5.96. The van der Waals surface area contributed by atoms with Crippen LogP contribution in [0.3, 0.4) is 0 Å². The van der Waals surface area contributed by atoms with Gasteiger partial charge >= 0.3 is 5.97 Å². The molecule has 0 aliphatic carbocycles. The molecule has 4 nitrogen and oxygen atoms in total. The molecule has 5 heteroatoms. The van der Waals surface area contributed by atoms with Crippen molar-refractivity contribution < 1.29 is 9.53 Å². The van der Waals surface area contributed by atoms with Crippen LogP contribution in [0.15, 0.2) is 29.6 Å². The molecule has 0 unspecified atom stereocenters. The summed E-state index contributed by atoms with van der Waals surface area (Å²) in [5.41, 5.74) is 3.23. The van der Waals surface area contributed by atoms with Gasteiger partial charge in [-0.2, -0.15) is 0 Å². The highest BCUT2D eigenvalue weighted by Crippen LogP contribution is 2.17. The number of esters is 1. The minimum absolute atomic E-state index is 0.221. The van der Waals surface area contributed by atoms with Crippen molar-refractivity contribution in [1.82, 2.24) is 4.98 Å². The molecule has 1 N–H and O–H groups in total. The standard InChI is InChI=1S/C14H16N2O2S/c1-10-5-3-4-6-11(10)8-15-14-16-12(9-19-14)7-13(17)18-2/h3-6,9H,7-8H2,1-2H3,(H,15,16). The fourth-order valence-electron chi connectivity index (χ4n) is 1.67. The van der Waals surface area contributed by atoms with E-state index in [2.05, 4.69) is 34.1 Å². The molecule has 0 saturated heterocycles. The van der Waals surface area contributed by atoms with Gasteiger partial charge in [-0.05, 0) is 18.1 Å². The smallest absolute Gasteiger partial charge is 0.311 e. The van der Waals surface area contributed by atoms with Gasteiger partial charge in [0.05, 0.1) is 19.2 Å². The summed E-state index contributed by atoms with van der Waals surface area (Å²) in [5.74, 6) is -0.268. The molecule has 0 amide bonds. The third-order valence-electron chi connectivity index (χ3n) is 2.80. The maximum absolute atomic E-state index is 11.1. The van der Waals surface area contributed by atoms with Crippen molar-refractivity contribution in [2.45, 2.75) is 19.9 Å². The monoisotopic (exact) mass is 276 g/mol. The average molecular weight is 276 g/mol. The van der Waals surface area contributed by atoms with E-state index in [1.807, 2.05) is 17.5 Å². The van der Waals surface area contributed by atoms with Crippen LogP contribution in [0.2, 0.25) is 0 Å². The maximum atomic E-state index is 11.1. The third-order valence-corrected chi connectivity index (χ3v) is 3.65. The predicted octanol–water partition coefficient (Wildman–Crippen LogP) is 2.78. The van der Waals surface area contributed by atoms with Crippen molar-refractivity contribution in [3.05, 3.63) is 46.5 Å². The zero-order valence-electron chi connectivity index (χ0n) is 11.0. The molecule has 100 valence electrons. The lowest BCUT2D eigenvalue weighted by Crippen LogP contribution is -2.05. The van der Waals surface area contributed by atoms with E-state index < -0.39 is 0 Å². The van der Waals surface area contributed by atoms with Crippen LogP contribution >= 0.6 is 11.3 Å². The fourth-order valence-corrected chi connectivity index (χ4v) is 2.38. The van der Waals surface area contributed by atoms with Crippen molar-refractivity contribution in [3.63, 3.8) is 0 Å². The Bertz CT molecular complexity index is 566. The van der Waals surface area contributed by atoms with Crippen LogP contribution < -0.4 is 5.32 Å². The number of aromatic nitrogens is 1. The second-order valence-electron chi connectivity index (χ2n) is 4.18. The Balaban J connectivity index is 1.94. The van der Waals surface area contributed by atoms with Crippen LogP contribution in [0, 0.1) is 6.92 Å². The van der Waals surface area contributed by atoms with Crippen molar-refractivity contribution in [2.24, 2.45) is 0 Å². The van der Waals surface area contributed by atoms with E-state index in [0.29, 0.717) is 0 Å². The van der Waals surface area contributed by atoms with Crippen molar-refractivity contribution in [1.29, 1.82) is 0 Å². The summed E-state index contributed by atoms with van der Waals surface area (Å²) in [6, 6.07) is 8.22. The zero-order valence-corrected chi connectivity index (χ0v) is 11.8. The fraction of sp³-hybridized carbons (Fsp3) is 0.286. The molecule has 2 aromatic rings. The molecule has 0 atom stereocenters. The second kappa shape index (κ2) is 6.33. The Morgan fingerprint density at radius 3 is 2.95 bits per heavy atom. The van der Waals surface area contributed by atoms with Gasteiger partial charge in [0.2, 0.25) is 0 Å². The number of carbonyl (C=O) groups is 1. The van der Waals surface area contributed by atoms with Crippen LogP contribution in [0.4, 0.5) is 5.13 Å². The van der Waals surface area contributed by atoms with E-state index >= 15 is 0 Å². The molecule has 0 aliphatic rings. The van der Waals surface area contributed by atoms with E-state index in [1.54, 1.807) is 0 Å². The number of rotatable bonds is 5. The summed E-state index contributed by atoms with van der Waals surface area (Å²) >= 11 is 1.50. The maximum Gasteiger partial charge on any atom is 0.311 e. The molecule has 0 bridgehead atoms. The molecule has 19 heavy (non-hydrogen) atoms. The largest absolute Gasteiger partial charge is 0.469 e. The van der Waals surface area contributed by atoms with Gasteiger partial charge in [0.25, 0.3) is 0 Å². The Morgan fingerprint density at radius 2 is 2.21 bits per heavy atom. The van der Waals surface area contributed by atoms with Crippen LogP contribution in [0.5, 0.6) is 0 Å². The summed E-state index contributed by atoms with van der Waals surface area (Å²) in [7, 11) is 1.38. The minimum Gasteiger partial charge on any atom is -0.469 e. The molecule has 0 saturated carbocycles. The van der Waals surface area contributed by atoms with Crippen molar-refractivity contribution in [3.8, 4) is 0 Å². The zero-order chi connectivity index (χ0) is 13.7. The van der Waals surface area contributed by atoms with E-state index in [1.165, 1.54) is 29.6 Å². The van der Waals surface area contributed by atoms with Gasteiger partial charge in [0.1, 0.15) is 0 Å². The minimum atomic E-state index is -0.268. The van der Waals surface area contributed by atoms with Gasteiger partial charge in [-0.25, -0.2) is 4.98 Å². The Kier molecular flexibility index (Phi) is 4.52. The molecule has 0 radical (unpaired) electrons. The summed E-state index contributed by atoms with van der Waals surface area (Å²) in [6.07, 6.45) is 0.221. The number of aryl methyl sites for hydroxylation is 1. The number of benzene rings is 1. The molecule has 1 aromatic carbocycles. The van der Waals surface area contributed by atoms with Gasteiger partial charge in [0.15, 0.2) is 5.13 Å². The van der Waals surface area contributed by atoms with Crippen molar-refractivity contribution in [2.75, 3.05) is 12.4 Å². The normalized spacial score (nSPS) is 10.2. The predicted molar refractivity (Wildman–Crippen MR) is 76.3 cm³/mol. The van der Waals surface area contributed by atoms with Gasteiger partial charge in [0, 0.05) is 11.9 Å². The molecule has 1 aromatic heterocycles. The number of ether oxygens (including phenoxy) is 1. The number of nitrogens with zero attached hydrogens (tertiary/aromatic N) is 1. The van der Waals surface area contributed by atoms with Crippen LogP contribution in [-0.2, 0) is 22.5 Å². The molecule has 0 spiro atoms. The van der Waals surface area contributed by atoms with E-state index in [0.717, 1.165) is 17.4 Å². The molecule has 1 heterocycles. The highest BCUT2D eigenvalue weighted by molar-refractivity contribution is 7.13. The lowest BCUT2D eigenvalue weighted by molar-refractivity contribution is -0.139. The molecule has 2 rings (SSSR count). The molecular weight excluding hydrogens is 260 g/mol. The Hall–Kier alpha value is -1.88. The first-order valence-corrected chi connectivity index (χ1v) is 6.86. The highest BCUT2D eigenvalue weighted by atomic mass is 32.1. The number of nitrogens with one attached hydrogen (secondary N) is 1. The van der Waals surface area contributed by atoms with E-state index in [9.17, 15) is 4.79 Å². The van der Waals surface area contributed by atoms with Gasteiger partial charge < -0.3 is 10.1 Å². The number of thiazole rings is 1. The summed E-state index contributed by atoms with van der Waals surface area (Å²) in [6.45, 7) is 2.82. The lowest BCUT2D eigenvalue weighted by atomic mass is 10.1. The number of anilines is 1. The van der Waals surface area contributed by atoms with Crippen LogP contribution in [0.1, 0.15) is 16.8 Å². The first-order chi connectivity index (χ1) is 9.19. The highest BCUT2D eigenvalue weighted by Gasteiger charge is 2.07. The number of methoxy groups -OCH3 is 1. The van der Waals surface area contributed by atoms with Gasteiger partial charge in [-0.1, -0.05) is 24.3 Å². The molecule has 0 fully saturated rings. The first-order valence-electron chi connectivity index (χ1n) is 5.98. The quantitative estimate of drug-likeness (QED) is 0.853. The SMILES string of the molecule is COC(=O)Cc1csc(NCc2ccccc2C)n1. The summed E-state index contributed by atoms with van der Waals surface area (Å²) in [4.78, 5) is 15.5. The summed E-state index contributed by atoms with van der Waals surface area (Å²) < 4.78 is 4.61. The number of carbonyl (C=O) groups excluding carboxylic acids is 1. The topological polar surface area (TPSA) is 51.2 Å². The number of hydrogen-bond donors (Lipinski definition) is 1. The second-order valence-corrected chi connectivity index (χ2v) is 5.04. The van der Waals surface area contributed by atoms with Crippen LogP contribution in [0.25, 0.3) is 0 Å². The van der Waals surface area contributed by atoms with Gasteiger partial charge in [-0.3, -0.25) is 4.79 Å². The van der Waals surface area contributed by atoms with E-state index in [-0.39, 0.29) is 12.4 Å². The lowest BCUT2D eigenvalue weighted by Gasteiger charge is -2.05. The molecule has 0 aliphatic heterocycles. The van der Waals surface area contributed by atoms with E-state index in [4.69, 9.17) is 0 Å². The van der Waals surface area contributed by atoms with Crippen molar-refractivity contribution >= 4 is 22.4 Å². The Morgan fingerprint density at radius 1 is 1.42 bits per heavy atom. The Labute approximate surface area is 116 Å².